The first-order valence-electron chi connectivity index (χ1n) is 11.7. The van der Waals surface area contributed by atoms with Crippen LogP contribution in [0.2, 0.25) is 0 Å². The lowest BCUT2D eigenvalue weighted by Crippen LogP contribution is -2.42. The number of aryl methyl sites for hydroxylation is 1. The number of anilines is 1. The summed E-state index contributed by atoms with van der Waals surface area (Å²) >= 11 is 0. The van der Waals surface area contributed by atoms with Gasteiger partial charge in [0.1, 0.15) is 11.6 Å². The predicted molar refractivity (Wildman–Crippen MR) is 127 cm³/mol. The quantitative estimate of drug-likeness (QED) is 0.670. The summed E-state index contributed by atoms with van der Waals surface area (Å²) in [5.41, 5.74) is 1.97. The van der Waals surface area contributed by atoms with Crippen molar-refractivity contribution in [3.63, 3.8) is 0 Å². The van der Waals surface area contributed by atoms with Crippen LogP contribution < -0.4 is 10.1 Å². The molecule has 1 aromatic carbocycles. The first-order chi connectivity index (χ1) is 16.0. The average Bonchev–Trinajstić information content (AvgIpc) is 2.85. The SMILES string of the molecule is COc1ccc(NC(=O)c2cnc(C)nc2CC2CCN(C(=O)C3CC=CCC3)CC2)cc1. The van der Waals surface area contributed by atoms with E-state index in [2.05, 4.69) is 27.4 Å². The molecule has 4 rings (SSSR count). The number of likely N-dealkylation sites (tertiary alicyclic amines) is 1. The third kappa shape index (κ3) is 5.78. The molecule has 174 valence electrons. The molecule has 1 aliphatic heterocycles. The van der Waals surface area contributed by atoms with Crippen LogP contribution in [0.15, 0.2) is 42.6 Å². The molecule has 33 heavy (non-hydrogen) atoms. The molecule has 0 radical (unpaired) electrons. The number of ether oxygens (including phenoxy) is 1. The maximum absolute atomic E-state index is 13.0. The number of aromatic nitrogens is 2. The lowest BCUT2D eigenvalue weighted by atomic mass is 9.88. The highest BCUT2D eigenvalue weighted by atomic mass is 16.5. The van der Waals surface area contributed by atoms with Crippen LogP contribution in [0.4, 0.5) is 5.69 Å². The monoisotopic (exact) mass is 448 g/mol. The van der Waals surface area contributed by atoms with Crippen molar-refractivity contribution in [2.75, 3.05) is 25.5 Å². The van der Waals surface area contributed by atoms with E-state index in [1.54, 1.807) is 37.6 Å². The molecule has 7 nitrogen and oxygen atoms in total. The number of nitrogens with one attached hydrogen (secondary N) is 1. The largest absolute Gasteiger partial charge is 0.497 e. The van der Waals surface area contributed by atoms with E-state index >= 15 is 0 Å². The zero-order chi connectivity index (χ0) is 23.2. The number of hydrogen-bond acceptors (Lipinski definition) is 5. The summed E-state index contributed by atoms with van der Waals surface area (Å²) in [7, 11) is 1.61. The van der Waals surface area contributed by atoms with Crippen LogP contribution in [-0.4, -0.2) is 46.9 Å². The Balaban J connectivity index is 1.38. The van der Waals surface area contributed by atoms with Gasteiger partial charge in [0.2, 0.25) is 5.91 Å². The van der Waals surface area contributed by atoms with Gasteiger partial charge in [-0.3, -0.25) is 9.59 Å². The van der Waals surface area contributed by atoms with Gasteiger partial charge in [0.25, 0.3) is 5.91 Å². The number of carbonyl (C=O) groups is 2. The molecule has 2 heterocycles. The van der Waals surface area contributed by atoms with Gasteiger partial charge in [0.15, 0.2) is 0 Å². The Kier molecular flexibility index (Phi) is 7.37. The van der Waals surface area contributed by atoms with Crippen molar-refractivity contribution in [3.05, 3.63) is 59.7 Å². The number of hydrogen-bond donors (Lipinski definition) is 1. The van der Waals surface area contributed by atoms with Crippen molar-refractivity contribution in [1.29, 1.82) is 0 Å². The van der Waals surface area contributed by atoms with Gasteiger partial charge in [0, 0.05) is 30.9 Å². The number of carbonyl (C=O) groups excluding carboxylic acids is 2. The minimum absolute atomic E-state index is 0.143. The molecule has 1 aromatic heterocycles. The van der Waals surface area contributed by atoms with Crippen LogP contribution in [-0.2, 0) is 11.2 Å². The Morgan fingerprint density at radius 3 is 2.55 bits per heavy atom. The average molecular weight is 449 g/mol. The first kappa shape index (κ1) is 23.0. The Morgan fingerprint density at radius 2 is 1.88 bits per heavy atom. The Morgan fingerprint density at radius 1 is 1.12 bits per heavy atom. The number of allylic oxidation sites excluding steroid dienone is 2. The van der Waals surface area contributed by atoms with Crippen molar-refractivity contribution >= 4 is 17.5 Å². The van der Waals surface area contributed by atoms with Crippen molar-refractivity contribution in [2.45, 2.75) is 45.4 Å². The molecule has 1 saturated heterocycles. The van der Waals surface area contributed by atoms with Crippen molar-refractivity contribution < 1.29 is 14.3 Å². The van der Waals surface area contributed by atoms with Crippen molar-refractivity contribution in [1.82, 2.24) is 14.9 Å². The topological polar surface area (TPSA) is 84.4 Å². The number of piperidine rings is 1. The Labute approximate surface area is 195 Å². The number of rotatable bonds is 6. The zero-order valence-electron chi connectivity index (χ0n) is 19.4. The molecule has 1 unspecified atom stereocenters. The van der Waals surface area contributed by atoms with E-state index in [1.165, 1.54) is 0 Å². The number of amides is 2. The van der Waals surface area contributed by atoms with E-state index in [9.17, 15) is 9.59 Å². The number of benzene rings is 1. The van der Waals surface area contributed by atoms with Crippen LogP contribution >= 0.6 is 0 Å². The van der Waals surface area contributed by atoms with Gasteiger partial charge >= 0.3 is 0 Å². The van der Waals surface area contributed by atoms with E-state index < -0.39 is 0 Å². The smallest absolute Gasteiger partial charge is 0.259 e. The molecule has 1 atom stereocenters. The van der Waals surface area contributed by atoms with E-state index in [1.807, 2.05) is 11.8 Å². The third-order valence-electron chi connectivity index (χ3n) is 6.61. The fraction of sp³-hybridized carbons (Fsp3) is 0.462. The number of nitrogens with zero attached hydrogens (tertiary/aromatic N) is 3. The Hall–Kier alpha value is -3.22. The highest BCUT2D eigenvalue weighted by molar-refractivity contribution is 6.04. The lowest BCUT2D eigenvalue weighted by molar-refractivity contribution is -0.137. The standard InChI is InChI=1S/C26H32N4O3/c1-18-27-17-23(25(31)29-21-8-10-22(33-2)11-9-21)24(28-18)16-19-12-14-30(15-13-19)26(32)20-6-4-3-5-7-20/h3-4,8-11,17,19-20H,5-7,12-16H2,1-2H3,(H,29,31). The van der Waals surface area contributed by atoms with E-state index in [-0.39, 0.29) is 11.8 Å². The van der Waals surface area contributed by atoms with Crippen LogP contribution in [0.5, 0.6) is 5.75 Å². The highest BCUT2D eigenvalue weighted by Crippen LogP contribution is 2.27. The van der Waals surface area contributed by atoms with Crippen LogP contribution in [0.3, 0.4) is 0 Å². The van der Waals surface area contributed by atoms with Gasteiger partial charge in [-0.25, -0.2) is 9.97 Å². The van der Waals surface area contributed by atoms with E-state index in [0.29, 0.717) is 35.3 Å². The molecule has 1 N–H and O–H groups in total. The highest BCUT2D eigenvalue weighted by Gasteiger charge is 2.29. The molecular formula is C26H32N4O3. The number of methoxy groups -OCH3 is 1. The summed E-state index contributed by atoms with van der Waals surface area (Å²) in [6.07, 6.45) is 11.3. The second-order valence-electron chi connectivity index (χ2n) is 8.91. The van der Waals surface area contributed by atoms with Gasteiger partial charge in [-0.05, 0) is 75.6 Å². The summed E-state index contributed by atoms with van der Waals surface area (Å²) in [6.45, 7) is 3.40. The molecule has 0 spiro atoms. The molecular weight excluding hydrogens is 416 g/mol. The zero-order valence-corrected chi connectivity index (χ0v) is 19.4. The normalized spacial score (nSPS) is 18.7. The second-order valence-corrected chi connectivity index (χ2v) is 8.91. The molecule has 1 fully saturated rings. The van der Waals surface area contributed by atoms with Gasteiger partial charge in [-0.2, -0.15) is 0 Å². The predicted octanol–water partition coefficient (Wildman–Crippen LogP) is 4.18. The van der Waals surface area contributed by atoms with Crippen LogP contribution in [0, 0.1) is 18.8 Å². The fourth-order valence-electron chi connectivity index (χ4n) is 4.64. The lowest BCUT2D eigenvalue weighted by Gasteiger charge is -2.34. The summed E-state index contributed by atoms with van der Waals surface area (Å²) < 4.78 is 5.17. The molecule has 1 aliphatic carbocycles. The summed E-state index contributed by atoms with van der Waals surface area (Å²) in [5, 5.41) is 2.93. The summed E-state index contributed by atoms with van der Waals surface area (Å²) in [6, 6.07) is 7.22. The minimum atomic E-state index is -0.215. The van der Waals surface area contributed by atoms with Gasteiger partial charge in [-0.15, -0.1) is 0 Å². The minimum Gasteiger partial charge on any atom is -0.497 e. The first-order valence-corrected chi connectivity index (χ1v) is 11.7. The maximum atomic E-state index is 13.0. The van der Waals surface area contributed by atoms with Crippen molar-refractivity contribution in [2.24, 2.45) is 11.8 Å². The molecule has 0 bridgehead atoms. The fourth-order valence-corrected chi connectivity index (χ4v) is 4.64. The van der Waals surface area contributed by atoms with Crippen LogP contribution in [0.1, 0.15) is 54.0 Å². The van der Waals surface area contributed by atoms with Gasteiger partial charge < -0.3 is 15.0 Å². The molecule has 2 aliphatic rings. The molecule has 2 aromatic rings. The third-order valence-corrected chi connectivity index (χ3v) is 6.61. The summed E-state index contributed by atoms with van der Waals surface area (Å²) in [5.74, 6) is 2.01. The summed E-state index contributed by atoms with van der Waals surface area (Å²) in [4.78, 5) is 36.7. The van der Waals surface area contributed by atoms with E-state index in [0.717, 1.165) is 56.6 Å². The van der Waals surface area contributed by atoms with Crippen LogP contribution in [0.25, 0.3) is 0 Å². The molecule has 0 saturated carbocycles. The van der Waals surface area contributed by atoms with Gasteiger partial charge in [0.05, 0.1) is 18.4 Å². The Bertz CT molecular complexity index is 1010. The maximum Gasteiger partial charge on any atom is 0.259 e. The molecule has 2 amide bonds. The van der Waals surface area contributed by atoms with Gasteiger partial charge in [-0.1, -0.05) is 12.2 Å². The van der Waals surface area contributed by atoms with Crippen molar-refractivity contribution in [3.8, 4) is 5.75 Å². The second kappa shape index (κ2) is 10.6. The molecule has 7 heteroatoms. The van der Waals surface area contributed by atoms with E-state index in [4.69, 9.17) is 4.74 Å².